The van der Waals surface area contributed by atoms with Gasteiger partial charge in [-0.1, -0.05) is 63.2 Å². The topological polar surface area (TPSA) is 3.88 Å². The Balaban J connectivity index is 1.94. The van der Waals surface area contributed by atoms with E-state index in [1.807, 2.05) is 0 Å². The summed E-state index contributed by atoms with van der Waals surface area (Å²) in [5.74, 6) is 0. The maximum absolute atomic E-state index is 2.38. The van der Waals surface area contributed by atoms with E-state index < -0.39 is 0 Å². The Morgan fingerprint density at radius 2 is 1.56 bits per heavy atom. The van der Waals surface area contributed by atoms with Gasteiger partial charge in [-0.2, -0.15) is 0 Å². The molecule has 0 amide bonds. The first-order chi connectivity index (χ1) is 12.8. The minimum atomic E-state index is 0.284. The second-order valence-electron chi connectivity index (χ2n) is 8.94. The fraction of sp³-hybridized carbons (Fsp3) is 0.269. The van der Waals surface area contributed by atoms with E-state index in [1.54, 1.807) is 0 Å². The molecule has 4 rings (SSSR count). The number of rotatable bonds is 2. The minimum absolute atomic E-state index is 0.284. The van der Waals surface area contributed by atoms with Crippen molar-refractivity contribution in [3.63, 3.8) is 0 Å². The SMILES string of the molecule is Cc1cc2ccc3ccccc3c2cc1-c1cc(CC(C)(C)C)cc[n+]1C. The first kappa shape index (κ1) is 17.7. The summed E-state index contributed by atoms with van der Waals surface area (Å²) in [5, 5.41) is 5.26. The highest BCUT2D eigenvalue weighted by atomic mass is 14.9. The molecule has 0 N–H and O–H groups in total. The van der Waals surface area contributed by atoms with E-state index in [9.17, 15) is 0 Å². The third-order valence-corrected chi connectivity index (χ3v) is 5.31. The van der Waals surface area contributed by atoms with Gasteiger partial charge in [-0.3, -0.25) is 0 Å². The zero-order chi connectivity index (χ0) is 19.2. The van der Waals surface area contributed by atoms with E-state index in [4.69, 9.17) is 0 Å². The van der Waals surface area contributed by atoms with Crippen LogP contribution in [0.4, 0.5) is 0 Å². The maximum Gasteiger partial charge on any atom is 0.212 e. The number of pyridine rings is 1. The van der Waals surface area contributed by atoms with Crippen LogP contribution in [0.5, 0.6) is 0 Å². The number of fused-ring (bicyclic) bond motifs is 3. The van der Waals surface area contributed by atoms with Gasteiger partial charge in [0, 0.05) is 17.7 Å². The fourth-order valence-corrected chi connectivity index (χ4v) is 4.05. The molecule has 1 heteroatoms. The summed E-state index contributed by atoms with van der Waals surface area (Å²) in [6.45, 7) is 9.12. The smallest absolute Gasteiger partial charge is 0.201 e. The Kier molecular flexibility index (Phi) is 4.26. The molecule has 4 aromatic rings. The first-order valence-electron chi connectivity index (χ1n) is 9.73. The van der Waals surface area contributed by atoms with Gasteiger partial charge in [-0.25, -0.2) is 4.57 Å². The molecule has 0 aliphatic rings. The number of hydrogen-bond acceptors (Lipinski definition) is 0. The zero-order valence-electron chi connectivity index (χ0n) is 17.0. The first-order valence-corrected chi connectivity index (χ1v) is 9.73. The molecule has 0 bridgehead atoms. The molecule has 0 saturated carbocycles. The van der Waals surface area contributed by atoms with Gasteiger partial charge >= 0.3 is 0 Å². The van der Waals surface area contributed by atoms with Gasteiger partial charge in [0.25, 0.3) is 0 Å². The molecule has 1 aromatic heterocycles. The Bertz CT molecular complexity index is 1150. The molecule has 0 fully saturated rings. The quantitative estimate of drug-likeness (QED) is 0.290. The van der Waals surface area contributed by atoms with Crippen molar-refractivity contribution >= 4 is 21.5 Å². The lowest BCUT2D eigenvalue weighted by molar-refractivity contribution is -0.660. The molecular weight excluding hydrogens is 326 g/mol. The summed E-state index contributed by atoms with van der Waals surface area (Å²) in [5.41, 5.74) is 5.60. The molecule has 27 heavy (non-hydrogen) atoms. The predicted molar refractivity (Wildman–Crippen MR) is 116 cm³/mol. The maximum atomic E-state index is 2.38. The van der Waals surface area contributed by atoms with Crippen molar-refractivity contribution in [2.24, 2.45) is 12.5 Å². The van der Waals surface area contributed by atoms with Crippen LogP contribution in [0.15, 0.2) is 66.9 Å². The average molecular weight is 355 g/mol. The molecule has 0 spiro atoms. The Labute approximate surface area is 162 Å². The molecule has 1 heterocycles. The molecule has 0 unspecified atom stereocenters. The summed E-state index contributed by atoms with van der Waals surface area (Å²) >= 11 is 0. The van der Waals surface area contributed by atoms with Gasteiger partial charge in [-0.05, 0) is 57.5 Å². The summed E-state index contributed by atoms with van der Waals surface area (Å²) in [6, 6.07) is 22.4. The molecule has 0 aliphatic carbocycles. The second kappa shape index (κ2) is 6.49. The second-order valence-corrected chi connectivity index (χ2v) is 8.94. The average Bonchev–Trinajstić information content (AvgIpc) is 2.61. The van der Waals surface area contributed by atoms with Crippen LogP contribution in [0.3, 0.4) is 0 Å². The Morgan fingerprint density at radius 3 is 2.33 bits per heavy atom. The summed E-state index contributed by atoms with van der Waals surface area (Å²) in [7, 11) is 2.14. The lowest BCUT2D eigenvalue weighted by Crippen LogP contribution is -2.31. The molecular formula is C26H28N+. The molecule has 1 nitrogen and oxygen atoms in total. The van der Waals surface area contributed by atoms with Crippen LogP contribution in [0.2, 0.25) is 0 Å². The standard InChI is InChI=1S/C26H28N/c1-18-14-21-11-10-20-8-6-7-9-22(20)24(21)16-23(18)25-15-19(12-13-27(25)5)17-26(2,3)4/h6-16H,17H2,1-5H3/q+1. The van der Waals surface area contributed by atoms with Crippen LogP contribution in [0.1, 0.15) is 31.9 Å². The van der Waals surface area contributed by atoms with Crippen LogP contribution in [0, 0.1) is 12.3 Å². The monoisotopic (exact) mass is 354 g/mol. The lowest BCUT2D eigenvalue weighted by atomic mass is 9.87. The predicted octanol–water partition coefficient (Wildman–Crippen LogP) is 6.38. The van der Waals surface area contributed by atoms with Crippen molar-refractivity contribution in [2.75, 3.05) is 0 Å². The van der Waals surface area contributed by atoms with E-state index in [1.165, 1.54) is 43.9 Å². The Morgan fingerprint density at radius 1 is 0.815 bits per heavy atom. The fourth-order valence-electron chi connectivity index (χ4n) is 4.05. The van der Waals surface area contributed by atoms with Crippen molar-refractivity contribution in [1.29, 1.82) is 0 Å². The third-order valence-electron chi connectivity index (χ3n) is 5.31. The normalized spacial score (nSPS) is 12.0. The number of nitrogens with zero attached hydrogens (tertiary/aromatic N) is 1. The third kappa shape index (κ3) is 3.47. The highest BCUT2D eigenvalue weighted by molar-refractivity contribution is 6.08. The van der Waals surface area contributed by atoms with Gasteiger partial charge in [0.15, 0.2) is 6.20 Å². The van der Waals surface area contributed by atoms with E-state index in [-0.39, 0.29) is 5.41 Å². The van der Waals surface area contributed by atoms with Crippen LogP contribution >= 0.6 is 0 Å². The highest BCUT2D eigenvalue weighted by Gasteiger charge is 2.18. The summed E-state index contributed by atoms with van der Waals surface area (Å²) in [4.78, 5) is 0. The molecule has 0 radical (unpaired) electrons. The summed E-state index contributed by atoms with van der Waals surface area (Å²) in [6.07, 6.45) is 3.28. The van der Waals surface area contributed by atoms with E-state index in [0.29, 0.717) is 0 Å². The highest BCUT2D eigenvalue weighted by Crippen LogP contribution is 2.32. The van der Waals surface area contributed by atoms with Gasteiger partial charge in [0.2, 0.25) is 5.69 Å². The van der Waals surface area contributed by atoms with E-state index in [0.717, 1.165) is 6.42 Å². The van der Waals surface area contributed by atoms with Crippen molar-refractivity contribution in [3.8, 4) is 11.3 Å². The molecule has 3 aromatic carbocycles. The number of benzene rings is 3. The van der Waals surface area contributed by atoms with Crippen LogP contribution in [0.25, 0.3) is 32.8 Å². The molecule has 0 aliphatic heterocycles. The van der Waals surface area contributed by atoms with Crippen molar-refractivity contribution in [1.82, 2.24) is 0 Å². The molecule has 136 valence electrons. The Hall–Kier alpha value is -2.67. The van der Waals surface area contributed by atoms with Crippen molar-refractivity contribution in [2.45, 2.75) is 34.1 Å². The van der Waals surface area contributed by atoms with Gasteiger partial charge in [0.05, 0.1) is 0 Å². The zero-order valence-corrected chi connectivity index (χ0v) is 17.0. The van der Waals surface area contributed by atoms with Gasteiger partial charge in [-0.15, -0.1) is 0 Å². The number of hydrogen-bond donors (Lipinski definition) is 0. The van der Waals surface area contributed by atoms with Crippen molar-refractivity contribution < 1.29 is 4.57 Å². The molecule has 0 atom stereocenters. The van der Waals surface area contributed by atoms with Crippen LogP contribution in [-0.2, 0) is 13.5 Å². The number of aryl methyl sites for hydroxylation is 2. The molecule has 0 saturated heterocycles. The van der Waals surface area contributed by atoms with Crippen LogP contribution in [-0.4, -0.2) is 0 Å². The lowest BCUT2D eigenvalue weighted by Gasteiger charge is -2.18. The number of aromatic nitrogens is 1. The van der Waals surface area contributed by atoms with Crippen molar-refractivity contribution in [3.05, 3.63) is 78.0 Å². The largest absolute Gasteiger partial charge is 0.212 e. The minimum Gasteiger partial charge on any atom is -0.201 e. The van der Waals surface area contributed by atoms with Crippen LogP contribution < -0.4 is 4.57 Å². The van der Waals surface area contributed by atoms with E-state index in [2.05, 4.69) is 106 Å². The van der Waals surface area contributed by atoms with Gasteiger partial charge < -0.3 is 0 Å². The summed E-state index contributed by atoms with van der Waals surface area (Å²) < 4.78 is 2.24. The van der Waals surface area contributed by atoms with Gasteiger partial charge in [0.1, 0.15) is 7.05 Å². The van der Waals surface area contributed by atoms with E-state index >= 15 is 0 Å².